The molecular formula is C16H10Cl2FNO. The van der Waals surface area contributed by atoms with E-state index in [1.807, 2.05) is 10.6 Å². The van der Waals surface area contributed by atoms with Crippen molar-refractivity contribution in [3.05, 3.63) is 69.6 Å². The van der Waals surface area contributed by atoms with Crippen LogP contribution in [-0.4, -0.2) is 10.9 Å². The molecule has 0 radical (unpaired) electrons. The van der Waals surface area contributed by atoms with E-state index in [0.717, 1.165) is 17.4 Å². The third-order valence-corrected chi connectivity index (χ3v) is 4.08. The number of aromatic nitrogens is 1. The zero-order valence-electron chi connectivity index (χ0n) is 10.8. The van der Waals surface area contributed by atoms with Crippen LogP contribution in [0.1, 0.15) is 15.9 Å². The summed E-state index contributed by atoms with van der Waals surface area (Å²) in [6.45, 7) is 0.521. The second-order valence-electron chi connectivity index (χ2n) is 4.74. The van der Waals surface area contributed by atoms with Gasteiger partial charge >= 0.3 is 0 Å². The fourth-order valence-electron chi connectivity index (χ4n) is 2.36. The van der Waals surface area contributed by atoms with Gasteiger partial charge in [0.05, 0.1) is 10.0 Å². The maximum atomic E-state index is 13.3. The average molecular weight is 322 g/mol. The Kier molecular flexibility index (Phi) is 3.70. The van der Waals surface area contributed by atoms with Gasteiger partial charge in [-0.25, -0.2) is 4.39 Å². The van der Waals surface area contributed by atoms with Gasteiger partial charge in [0.2, 0.25) is 0 Å². The van der Waals surface area contributed by atoms with E-state index in [2.05, 4.69) is 0 Å². The summed E-state index contributed by atoms with van der Waals surface area (Å²) in [5.41, 5.74) is 2.21. The molecule has 0 aliphatic rings. The summed E-state index contributed by atoms with van der Waals surface area (Å²) in [7, 11) is 0. The number of halogens is 3. The van der Waals surface area contributed by atoms with Crippen LogP contribution in [0, 0.1) is 5.82 Å². The zero-order chi connectivity index (χ0) is 15.0. The van der Waals surface area contributed by atoms with Gasteiger partial charge in [0.1, 0.15) is 5.82 Å². The Hall–Kier alpha value is -1.84. The summed E-state index contributed by atoms with van der Waals surface area (Å²) in [6.07, 6.45) is 2.44. The van der Waals surface area contributed by atoms with E-state index in [0.29, 0.717) is 27.5 Å². The summed E-state index contributed by atoms with van der Waals surface area (Å²) in [5.74, 6) is -0.363. The topological polar surface area (TPSA) is 22.0 Å². The second-order valence-corrected chi connectivity index (χ2v) is 5.55. The molecule has 0 saturated carbocycles. The van der Waals surface area contributed by atoms with E-state index in [9.17, 15) is 9.18 Å². The number of rotatable bonds is 3. The fourth-order valence-corrected chi connectivity index (χ4v) is 2.68. The molecule has 3 rings (SSSR count). The first-order chi connectivity index (χ1) is 10.1. The molecule has 1 heterocycles. The number of benzene rings is 2. The van der Waals surface area contributed by atoms with Gasteiger partial charge in [0, 0.05) is 29.2 Å². The van der Waals surface area contributed by atoms with Gasteiger partial charge in [0.25, 0.3) is 0 Å². The summed E-state index contributed by atoms with van der Waals surface area (Å²) >= 11 is 11.9. The van der Waals surface area contributed by atoms with Crippen molar-refractivity contribution in [3.8, 4) is 0 Å². The minimum atomic E-state index is -0.363. The van der Waals surface area contributed by atoms with Crippen molar-refractivity contribution in [1.29, 1.82) is 0 Å². The smallest absolute Gasteiger partial charge is 0.152 e. The molecule has 0 unspecified atom stereocenters. The number of nitrogens with zero attached hydrogens (tertiary/aromatic N) is 1. The predicted molar refractivity (Wildman–Crippen MR) is 82.8 cm³/mol. The molecule has 0 spiro atoms. The van der Waals surface area contributed by atoms with Crippen molar-refractivity contribution in [2.24, 2.45) is 0 Å². The van der Waals surface area contributed by atoms with Gasteiger partial charge in [-0.05, 0) is 35.9 Å². The third kappa shape index (κ3) is 2.67. The lowest BCUT2D eigenvalue weighted by Crippen LogP contribution is -1.98. The summed E-state index contributed by atoms with van der Waals surface area (Å²) < 4.78 is 15.2. The van der Waals surface area contributed by atoms with Crippen molar-refractivity contribution in [2.75, 3.05) is 0 Å². The second kappa shape index (κ2) is 5.51. The number of carbonyl (C=O) groups is 1. The van der Waals surface area contributed by atoms with Crippen LogP contribution in [0.2, 0.25) is 10.0 Å². The molecule has 2 nitrogen and oxygen atoms in total. The quantitative estimate of drug-likeness (QED) is 0.626. The van der Waals surface area contributed by atoms with E-state index >= 15 is 0 Å². The monoisotopic (exact) mass is 321 g/mol. The zero-order valence-corrected chi connectivity index (χ0v) is 12.3. The van der Waals surface area contributed by atoms with Gasteiger partial charge in [-0.3, -0.25) is 4.79 Å². The van der Waals surface area contributed by atoms with Gasteiger partial charge in [-0.1, -0.05) is 29.3 Å². The van der Waals surface area contributed by atoms with Crippen molar-refractivity contribution in [3.63, 3.8) is 0 Å². The minimum Gasteiger partial charge on any atom is -0.342 e. The Bertz CT molecular complexity index is 842. The summed E-state index contributed by atoms with van der Waals surface area (Å²) in [5, 5.41) is 1.57. The molecule has 3 aromatic rings. The molecule has 0 bridgehead atoms. The van der Waals surface area contributed by atoms with Gasteiger partial charge in [0.15, 0.2) is 6.29 Å². The first-order valence-electron chi connectivity index (χ1n) is 6.26. The Morgan fingerprint density at radius 2 is 1.90 bits per heavy atom. The molecule has 0 fully saturated rings. The Labute approximate surface area is 130 Å². The number of aldehydes is 1. The van der Waals surface area contributed by atoms with E-state index < -0.39 is 0 Å². The largest absolute Gasteiger partial charge is 0.342 e. The number of carbonyl (C=O) groups excluding carboxylic acids is 1. The minimum absolute atomic E-state index is 0.363. The fraction of sp³-hybridized carbons (Fsp3) is 0.0625. The molecule has 0 atom stereocenters. The van der Waals surface area contributed by atoms with E-state index in [4.69, 9.17) is 23.2 Å². The number of fused-ring (bicyclic) bond motifs is 1. The molecule has 1 aromatic heterocycles. The summed E-state index contributed by atoms with van der Waals surface area (Å²) in [4.78, 5) is 11.1. The van der Waals surface area contributed by atoms with Crippen LogP contribution in [0.4, 0.5) is 4.39 Å². The predicted octanol–water partition coefficient (Wildman–Crippen LogP) is 4.95. The third-order valence-electron chi connectivity index (χ3n) is 3.34. The van der Waals surface area contributed by atoms with Crippen LogP contribution in [-0.2, 0) is 6.54 Å². The molecular weight excluding hydrogens is 312 g/mol. The van der Waals surface area contributed by atoms with Gasteiger partial charge in [-0.2, -0.15) is 0 Å². The molecule has 21 heavy (non-hydrogen) atoms. The van der Waals surface area contributed by atoms with E-state index in [1.165, 1.54) is 12.1 Å². The SMILES string of the molecule is O=Cc1cn(Cc2ccc(Cl)c(Cl)c2)c2ccc(F)cc12. The molecule has 0 amide bonds. The van der Waals surface area contributed by atoms with E-state index in [1.54, 1.807) is 24.4 Å². The maximum absolute atomic E-state index is 13.3. The van der Waals surface area contributed by atoms with Crippen molar-refractivity contribution < 1.29 is 9.18 Å². The lowest BCUT2D eigenvalue weighted by Gasteiger charge is -2.07. The number of hydrogen-bond acceptors (Lipinski definition) is 1. The van der Waals surface area contributed by atoms with Crippen LogP contribution in [0.25, 0.3) is 10.9 Å². The first-order valence-corrected chi connectivity index (χ1v) is 7.01. The molecule has 5 heteroatoms. The highest BCUT2D eigenvalue weighted by Crippen LogP contribution is 2.25. The lowest BCUT2D eigenvalue weighted by atomic mass is 10.2. The van der Waals surface area contributed by atoms with Crippen LogP contribution < -0.4 is 0 Å². The van der Waals surface area contributed by atoms with Crippen LogP contribution in [0.5, 0.6) is 0 Å². The average Bonchev–Trinajstić information content (AvgIpc) is 2.80. The molecule has 0 aliphatic carbocycles. The molecule has 0 saturated heterocycles. The first kappa shape index (κ1) is 14.1. The number of hydrogen-bond donors (Lipinski definition) is 0. The lowest BCUT2D eigenvalue weighted by molar-refractivity contribution is 0.112. The van der Waals surface area contributed by atoms with Gasteiger partial charge in [-0.15, -0.1) is 0 Å². The molecule has 0 N–H and O–H groups in total. The standard InChI is InChI=1S/C16H10Cl2FNO/c17-14-3-1-10(5-15(14)18)7-20-8-11(9-21)13-6-12(19)2-4-16(13)20/h1-6,8-9H,7H2. The van der Waals surface area contributed by atoms with Gasteiger partial charge < -0.3 is 4.57 Å². The Morgan fingerprint density at radius 1 is 1.10 bits per heavy atom. The van der Waals surface area contributed by atoms with Crippen LogP contribution in [0.3, 0.4) is 0 Å². The normalized spacial score (nSPS) is 11.0. The highest BCUT2D eigenvalue weighted by Gasteiger charge is 2.10. The highest BCUT2D eigenvalue weighted by atomic mass is 35.5. The molecule has 106 valence electrons. The van der Waals surface area contributed by atoms with Crippen molar-refractivity contribution >= 4 is 40.4 Å². The van der Waals surface area contributed by atoms with Crippen LogP contribution >= 0.6 is 23.2 Å². The van der Waals surface area contributed by atoms with E-state index in [-0.39, 0.29) is 5.82 Å². The van der Waals surface area contributed by atoms with Crippen molar-refractivity contribution in [1.82, 2.24) is 4.57 Å². The summed E-state index contributed by atoms with van der Waals surface area (Å²) in [6, 6.07) is 9.77. The Morgan fingerprint density at radius 3 is 2.62 bits per heavy atom. The van der Waals surface area contributed by atoms with Crippen molar-refractivity contribution in [2.45, 2.75) is 6.54 Å². The maximum Gasteiger partial charge on any atom is 0.152 e. The Balaban J connectivity index is 2.08. The van der Waals surface area contributed by atoms with Crippen LogP contribution in [0.15, 0.2) is 42.6 Å². The molecule has 2 aromatic carbocycles. The molecule has 0 aliphatic heterocycles. The highest BCUT2D eigenvalue weighted by molar-refractivity contribution is 6.42.